The van der Waals surface area contributed by atoms with Gasteiger partial charge in [0.05, 0.1) is 5.69 Å². The summed E-state index contributed by atoms with van der Waals surface area (Å²) >= 11 is 0. The highest BCUT2D eigenvalue weighted by Crippen LogP contribution is 2.17. The summed E-state index contributed by atoms with van der Waals surface area (Å²) in [5, 5.41) is 8.39. The molecule has 0 aliphatic heterocycles. The SMILES string of the molecule is O=C(NCCc1c[nH]c2ccccc12)c1cccc(-n2cccn2)c1. The predicted octanol–water partition coefficient (Wildman–Crippen LogP) is 3.33. The van der Waals surface area contributed by atoms with Crippen LogP contribution in [0.4, 0.5) is 0 Å². The molecular weight excluding hydrogens is 312 g/mol. The third-order valence-electron chi connectivity index (χ3n) is 4.23. The fraction of sp³-hybridized carbons (Fsp3) is 0.100. The molecule has 2 heterocycles. The second-order valence-electron chi connectivity index (χ2n) is 5.87. The first-order chi connectivity index (χ1) is 12.3. The van der Waals surface area contributed by atoms with Crippen LogP contribution >= 0.6 is 0 Å². The van der Waals surface area contributed by atoms with E-state index in [1.807, 2.05) is 54.9 Å². The van der Waals surface area contributed by atoms with Crippen molar-refractivity contribution >= 4 is 16.8 Å². The van der Waals surface area contributed by atoms with Crippen LogP contribution in [0.1, 0.15) is 15.9 Å². The zero-order chi connectivity index (χ0) is 17.1. The fourth-order valence-electron chi connectivity index (χ4n) is 2.96. The number of aromatic nitrogens is 3. The van der Waals surface area contributed by atoms with Gasteiger partial charge in [-0.05, 0) is 42.3 Å². The standard InChI is InChI=1S/C20H18N4O/c25-20(15-5-3-6-17(13-15)24-12-4-10-23-24)21-11-9-16-14-22-19-8-2-1-7-18(16)19/h1-8,10,12-14,22H,9,11H2,(H,21,25). The van der Waals surface area contributed by atoms with Gasteiger partial charge in [0.25, 0.3) is 5.91 Å². The van der Waals surface area contributed by atoms with E-state index >= 15 is 0 Å². The van der Waals surface area contributed by atoms with Crippen molar-refractivity contribution in [2.24, 2.45) is 0 Å². The summed E-state index contributed by atoms with van der Waals surface area (Å²) < 4.78 is 1.74. The van der Waals surface area contributed by atoms with E-state index in [0.717, 1.165) is 17.6 Å². The van der Waals surface area contributed by atoms with Crippen LogP contribution in [0.15, 0.2) is 73.2 Å². The second-order valence-corrected chi connectivity index (χ2v) is 5.87. The number of carbonyl (C=O) groups is 1. The lowest BCUT2D eigenvalue weighted by Crippen LogP contribution is -2.25. The molecule has 0 aliphatic carbocycles. The molecule has 0 bridgehead atoms. The van der Waals surface area contributed by atoms with E-state index in [-0.39, 0.29) is 5.91 Å². The Morgan fingerprint density at radius 1 is 1.12 bits per heavy atom. The van der Waals surface area contributed by atoms with Gasteiger partial charge in [-0.2, -0.15) is 5.10 Å². The van der Waals surface area contributed by atoms with Crippen molar-refractivity contribution in [1.29, 1.82) is 0 Å². The van der Waals surface area contributed by atoms with Crippen LogP contribution in [-0.4, -0.2) is 27.2 Å². The van der Waals surface area contributed by atoms with Gasteiger partial charge in [-0.1, -0.05) is 24.3 Å². The molecule has 4 rings (SSSR count). The molecule has 4 aromatic rings. The summed E-state index contributed by atoms with van der Waals surface area (Å²) in [7, 11) is 0. The van der Waals surface area contributed by atoms with Gasteiger partial charge in [0.15, 0.2) is 0 Å². The van der Waals surface area contributed by atoms with Crippen molar-refractivity contribution < 1.29 is 4.79 Å². The number of hydrogen-bond donors (Lipinski definition) is 2. The van der Waals surface area contributed by atoms with Crippen LogP contribution in [0.2, 0.25) is 0 Å². The summed E-state index contributed by atoms with van der Waals surface area (Å²) in [5.41, 5.74) is 3.83. The molecule has 0 saturated heterocycles. The van der Waals surface area contributed by atoms with Gasteiger partial charge in [-0.15, -0.1) is 0 Å². The van der Waals surface area contributed by atoms with Crippen LogP contribution in [0.25, 0.3) is 16.6 Å². The Morgan fingerprint density at radius 2 is 2.04 bits per heavy atom. The zero-order valence-electron chi connectivity index (χ0n) is 13.6. The van der Waals surface area contributed by atoms with Crippen LogP contribution < -0.4 is 5.32 Å². The Morgan fingerprint density at radius 3 is 2.92 bits per heavy atom. The van der Waals surface area contributed by atoms with E-state index in [9.17, 15) is 4.79 Å². The van der Waals surface area contributed by atoms with Crippen molar-refractivity contribution in [3.8, 4) is 5.69 Å². The van der Waals surface area contributed by atoms with E-state index < -0.39 is 0 Å². The molecule has 0 aliphatic rings. The highest BCUT2D eigenvalue weighted by atomic mass is 16.1. The molecule has 2 aromatic carbocycles. The number of aromatic amines is 1. The van der Waals surface area contributed by atoms with E-state index in [2.05, 4.69) is 27.5 Å². The Bertz CT molecular complexity index is 1000. The van der Waals surface area contributed by atoms with Gasteiger partial charge in [-0.25, -0.2) is 4.68 Å². The molecule has 0 spiro atoms. The van der Waals surface area contributed by atoms with Crippen LogP contribution in [0, 0.1) is 0 Å². The maximum Gasteiger partial charge on any atom is 0.251 e. The lowest BCUT2D eigenvalue weighted by Gasteiger charge is -2.07. The predicted molar refractivity (Wildman–Crippen MR) is 97.9 cm³/mol. The molecule has 0 fully saturated rings. The fourth-order valence-corrected chi connectivity index (χ4v) is 2.96. The van der Waals surface area contributed by atoms with Gasteiger partial charge in [0.1, 0.15) is 0 Å². The van der Waals surface area contributed by atoms with Gasteiger partial charge in [0.2, 0.25) is 0 Å². The van der Waals surface area contributed by atoms with Crippen molar-refractivity contribution in [1.82, 2.24) is 20.1 Å². The molecular formula is C20H18N4O. The Balaban J connectivity index is 1.42. The average molecular weight is 330 g/mol. The lowest BCUT2D eigenvalue weighted by molar-refractivity contribution is 0.0954. The van der Waals surface area contributed by atoms with E-state index in [1.54, 1.807) is 10.9 Å². The third-order valence-corrected chi connectivity index (χ3v) is 4.23. The summed E-state index contributed by atoms with van der Waals surface area (Å²) in [5.74, 6) is -0.0751. The van der Waals surface area contributed by atoms with Gasteiger partial charge < -0.3 is 10.3 Å². The van der Waals surface area contributed by atoms with Crippen molar-refractivity contribution in [2.75, 3.05) is 6.54 Å². The van der Waals surface area contributed by atoms with Crippen LogP contribution in [-0.2, 0) is 6.42 Å². The number of nitrogens with zero attached hydrogens (tertiary/aromatic N) is 2. The van der Waals surface area contributed by atoms with Crippen molar-refractivity contribution in [2.45, 2.75) is 6.42 Å². The highest BCUT2D eigenvalue weighted by molar-refractivity contribution is 5.94. The number of amides is 1. The smallest absolute Gasteiger partial charge is 0.251 e. The number of fused-ring (bicyclic) bond motifs is 1. The molecule has 2 N–H and O–H groups in total. The summed E-state index contributed by atoms with van der Waals surface area (Å²) in [6.45, 7) is 0.590. The third kappa shape index (κ3) is 3.17. The molecule has 0 unspecified atom stereocenters. The van der Waals surface area contributed by atoms with Gasteiger partial charge in [0, 0.05) is 41.6 Å². The zero-order valence-corrected chi connectivity index (χ0v) is 13.6. The van der Waals surface area contributed by atoms with Crippen molar-refractivity contribution in [3.05, 3.63) is 84.3 Å². The molecule has 0 radical (unpaired) electrons. The molecule has 5 nitrogen and oxygen atoms in total. The average Bonchev–Trinajstić information content (AvgIpc) is 3.32. The molecule has 5 heteroatoms. The van der Waals surface area contributed by atoms with Crippen molar-refractivity contribution in [3.63, 3.8) is 0 Å². The Kier molecular flexibility index (Phi) is 4.04. The van der Waals surface area contributed by atoms with E-state index in [1.165, 1.54) is 10.9 Å². The number of rotatable bonds is 5. The van der Waals surface area contributed by atoms with E-state index in [4.69, 9.17) is 0 Å². The Hall–Kier alpha value is -3.34. The molecule has 0 saturated carbocycles. The maximum atomic E-state index is 12.4. The normalized spacial score (nSPS) is 10.9. The number of hydrogen-bond acceptors (Lipinski definition) is 2. The van der Waals surface area contributed by atoms with Gasteiger partial charge in [-0.3, -0.25) is 4.79 Å². The largest absolute Gasteiger partial charge is 0.361 e. The van der Waals surface area contributed by atoms with E-state index in [0.29, 0.717) is 12.1 Å². The van der Waals surface area contributed by atoms with Crippen LogP contribution in [0.3, 0.4) is 0 Å². The molecule has 0 atom stereocenters. The summed E-state index contributed by atoms with van der Waals surface area (Å²) in [6.07, 6.45) is 6.37. The molecule has 124 valence electrons. The summed E-state index contributed by atoms with van der Waals surface area (Å²) in [6, 6.07) is 17.5. The number of H-pyrrole nitrogens is 1. The monoisotopic (exact) mass is 330 g/mol. The maximum absolute atomic E-state index is 12.4. The first-order valence-corrected chi connectivity index (χ1v) is 8.24. The quantitative estimate of drug-likeness (QED) is 0.589. The first-order valence-electron chi connectivity index (χ1n) is 8.24. The van der Waals surface area contributed by atoms with Gasteiger partial charge >= 0.3 is 0 Å². The number of nitrogens with one attached hydrogen (secondary N) is 2. The molecule has 25 heavy (non-hydrogen) atoms. The number of benzene rings is 2. The molecule has 2 aromatic heterocycles. The topological polar surface area (TPSA) is 62.7 Å². The molecule has 1 amide bonds. The minimum atomic E-state index is -0.0751. The number of para-hydroxylation sites is 1. The lowest BCUT2D eigenvalue weighted by atomic mass is 10.1. The summed E-state index contributed by atoms with van der Waals surface area (Å²) in [4.78, 5) is 15.7. The first kappa shape index (κ1) is 15.2. The second kappa shape index (κ2) is 6.65. The highest BCUT2D eigenvalue weighted by Gasteiger charge is 2.08. The number of carbonyl (C=O) groups excluding carboxylic acids is 1. The Labute approximate surface area is 145 Å². The minimum Gasteiger partial charge on any atom is -0.361 e. The van der Waals surface area contributed by atoms with Crippen LogP contribution in [0.5, 0.6) is 0 Å². The minimum absolute atomic E-state index is 0.0751.